The number of ether oxygens (including phenoxy) is 1. The number of aryl methyl sites for hydroxylation is 1. The zero-order valence-corrected chi connectivity index (χ0v) is 19.4. The van der Waals surface area contributed by atoms with Gasteiger partial charge in [-0.1, -0.05) is 11.2 Å². The maximum absolute atomic E-state index is 12.9. The molecule has 2 aliphatic rings. The molecular formula is C24H30N6O3. The van der Waals surface area contributed by atoms with Crippen LogP contribution in [-0.2, 0) is 13.0 Å². The van der Waals surface area contributed by atoms with E-state index in [1.54, 1.807) is 12.3 Å². The van der Waals surface area contributed by atoms with E-state index in [2.05, 4.69) is 38.5 Å². The molecule has 0 saturated carbocycles. The molecule has 174 valence electrons. The van der Waals surface area contributed by atoms with Gasteiger partial charge in [0, 0.05) is 62.2 Å². The van der Waals surface area contributed by atoms with Crippen LogP contribution in [0.2, 0.25) is 0 Å². The average molecular weight is 451 g/mol. The third kappa shape index (κ3) is 4.20. The van der Waals surface area contributed by atoms with E-state index in [0.717, 1.165) is 61.7 Å². The summed E-state index contributed by atoms with van der Waals surface area (Å²) in [6.07, 6.45) is 2.46. The summed E-state index contributed by atoms with van der Waals surface area (Å²) in [4.78, 5) is 17.7. The first-order chi connectivity index (χ1) is 16.0. The average Bonchev–Trinajstić information content (AvgIpc) is 3.46. The van der Waals surface area contributed by atoms with Crippen molar-refractivity contribution in [2.24, 2.45) is 0 Å². The van der Waals surface area contributed by atoms with Gasteiger partial charge in [-0.2, -0.15) is 5.10 Å². The van der Waals surface area contributed by atoms with Gasteiger partial charge in [-0.25, -0.2) is 0 Å². The highest BCUT2D eigenvalue weighted by atomic mass is 16.5. The highest BCUT2D eigenvalue weighted by Gasteiger charge is 2.28. The number of nitrogens with zero attached hydrogens (tertiary/aromatic N) is 5. The minimum Gasteiger partial charge on any atom is -0.491 e. The number of carbonyl (C=O) groups is 1. The van der Waals surface area contributed by atoms with Gasteiger partial charge >= 0.3 is 0 Å². The van der Waals surface area contributed by atoms with Crippen molar-refractivity contribution >= 4 is 11.6 Å². The Bertz CT molecular complexity index is 1150. The summed E-state index contributed by atoms with van der Waals surface area (Å²) < 4.78 is 13.4. The van der Waals surface area contributed by atoms with E-state index in [1.807, 2.05) is 30.7 Å². The van der Waals surface area contributed by atoms with Crippen molar-refractivity contribution in [3.8, 4) is 17.1 Å². The van der Waals surface area contributed by atoms with E-state index in [0.29, 0.717) is 12.4 Å². The Hall–Kier alpha value is -3.33. The zero-order valence-electron chi connectivity index (χ0n) is 19.4. The van der Waals surface area contributed by atoms with Gasteiger partial charge in [0.1, 0.15) is 12.4 Å². The van der Waals surface area contributed by atoms with Gasteiger partial charge in [0.15, 0.2) is 11.5 Å². The number of hydrogen-bond donors (Lipinski definition) is 1. The number of amides is 1. The first-order valence-electron chi connectivity index (χ1n) is 11.5. The van der Waals surface area contributed by atoms with Gasteiger partial charge in [0.25, 0.3) is 5.91 Å². The third-order valence-electron chi connectivity index (χ3n) is 6.59. The monoisotopic (exact) mass is 450 g/mol. The summed E-state index contributed by atoms with van der Waals surface area (Å²) in [5.74, 6) is 1.18. The Kier molecular flexibility index (Phi) is 5.80. The van der Waals surface area contributed by atoms with Crippen LogP contribution < -0.4 is 15.0 Å². The smallest absolute Gasteiger partial charge is 0.273 e. The molecule has 9 nitrogen and oxygen atoms in total. The number of likely N-dealkylation sites (N-methyl/N-ethyl adjacent to an activating group) is 1. The molecule has 1 fully saturated rings. The number of nitrogens with one attached hydrogen (secondary N) is 1. The first-order valence-corrected chi connectivity index (χ1v) is 11.5. The summed E-state index contributed by atoms with van der Waals surface area (Å²) >= 11 is 0. The van der Waals surface area contributed by atoms with Crippen LogP contribution in [0.4, 0.5) is 5.69 Å². The van der Waals surface area contributed by atoms with Gasteiger partial charge in [-0.3, -0.25) is 9.48 Å². The summed E-state index contributed by atoms with van der Waals surface area (Å²) in [5, 5.41) is 11.4. The molecule has 3 aromatic rings. The van der Waals surface area contributed by atoms with Crippen LogP contribution in [0.15, 0.2) is 35.0 Å². The van der Waals surface area contributed by atoms with Crippen LogP contribution >= 0.6 is 0 Å². The molecule has 2 aromatic heterocycles. The molecule has 4 heterocycles. The maximum Gasteiger partial charge on any atom is 0.273 e. The number of carbonyl (C=O) groups excluding carboxylic acids is 1. The highest BCUT2D eigenvalue weighted by Crippen LogP contribution is 2.34. The van der Waals surface area contributed by atoms with Crippen molar-refractivity contribution in [3.63, 3.8) is 0 Å². The normalized spacial score (nSPS) is 18.6. The molecule has 0 spiro atoms. The lowest BCUT2D eigenvalue weighted by molar-refractivity contribution is 0.0906. The van der Waals surface area contributed by atoms with Crippen molar-refractivity contribution < 1.29 is 14.1 Å². The van der Waals surface area contributed by atoms with Gasteiger partial charge < -0.3 is 24.4 Å². The SMILES string of the molecule is CCn1ncc(-c2cc(C(=O)N[C@@H]3COc4cccc(N5CCN(C)CC5)c4C3)no2)c1C. The van der Waals surface area contributed by atoms with Crippen LogP contribution in [0.3, 0.4) is 0 Å². The summed E-state index contributed by atoms with van der Waals surface area (Å²) in [6.45, 7) is 9.25. The standard InChI is InChI=1S/C24H30N6O3/c1-4-30-16(2)19(14-25-30)23-13-20(27-33-23)24(31)26-17-12-18-21(6-5-7-22(18)32-15-17)29-10-8-28(3)9-11-29/h5-7,13-14,17H,4,8-12,15H2,1-3H3,(H,26,31)/t17-/m0/s1. The van der Waals surface area contributed by atoms with Crippen LogP contribution in [-0.4, -0.2) is 71.6 Å². The minimum absolute atomic E-state index is 0.136. The van der Waals surface area contributed by atoms with E-state index in [9.17, 15) is 4.79 Å². The number of anilines is 1. The fraction of sp³-hybridized carbons (Fsp3) is 0.458. The first kappa shape index (κ1) is 21.5. The predicted molar refractivity (Wildman–Crippen MR) is 125 cm³/mol. The quantitative estimate of drug-likeness (QED) is 0.638. The Morgan fingerprint density at radius 3 is 2.82 bits per heavy atom. The Morgan fingerprint density at radius 2 is 2.06 bits per heavy atom. The van der Waals surface area contributed by atoms with Crippen molar-refractivity contribution in [1.82, 2.24) is 25.2 Å². The van der Waals surface area contributed by atoms with E-state index in [-0.39, 0.29) is 17.6 Å². The molecule has 0 bridgehead atoms. The molecule has 1 saturated heterocycles. The molecule has 1 N–H and O–H groups in total. The molecule has 9 heteroatoms. The number of aromatic nitrogens is 3. The maximum atomic E-state index is 12.9. The van der Waals surface area contributed by atoms with Crippen LogP contribution in [0.1, 0.15) is 28.7 Å². The topological polar surface area (TPSA) is 88.7 Å². The van der Waals surface area contributed by atoms with Gasteiger partial charge in [-0.05, 0) is 33.0 Å². The predicted octanol–water partition coefficient (Wildman–Crippen LogP) is 2.35. The van der Waals surface area contributed by atoms with Crippen LogP contribution in [0.5, 0.6) is 5.75 Å². The number of piperazine rings is 1. The molecule has 2 aliphatic heterocycles. The second kappa shape index (κ2) is 8.90. The van der Waals surface area contributed by atoms with E-state index in [4.69, 9.17) is 9.26 Å². The Morgan fingerprint density at radius 1 is 1.24 bits per heavy atom. The summed E-state index contributed by atoms with van der Waals surface area (Å²) in [5.41, 5.74) is 4.44. The fourth-order valence-corrected chi connectivity index (χ4v) is 4.60. The van der Waals surface area contributed by atoms with Gasteiger partial charge in [0.2, 0.25) is 0 Å². The van der Waals surface area contributed by atoms with Gasteiger partial charge in [0.05, 0.1) is 17.8 Å². The highest BCUT2D eigenvalue weighted by molar-refractivity contribution is 5.93. The number of rotatable bonds is 5. The van der Waals surface area contributed by atoms with Crippen molar-refractivity contribution in [1.29, 1.82) is 0 Å². The van der Waals surface area contributed by atoms with Crippen molar-refractivity contribution in [2.45, 2.75) is 32.9 Å². The van der Waals surface area contributed by atoms with Gasteiger partial charge in [-0.15, -0.1) is 0 Å². The number of benzene rings is 1. The third-order valence-corrected chi connectivity index (χ3v) is 6.59. The molecule has 0 radical (unpaired) electrons. The second-order valence-electron chi connectivity index (χ2n) is 8.77. The lowest BCUT2D eigenvalue weighted by Gasteiger charge is -2.37. The molecule has 1 aromatic carbocycles. The molecular weight excluding hydrogens is 420 g/mol. The lowest BCUT2D eigenvalue weighted by Crippen LogP contribution is -2.46. The molecule has 1 atom stereocenters. The largest absolute Gasteiger partial charge is 0.491 e. The summed E-state index contributed by atoms with van der Waals surface area (Å²) in [6, 6.07) is 7.75. The number of hydrogen-bond acceptors (Lipinski definition) is 7. The minimum atomic E-state index is -0.264. The van der Waals surface area contributed by atoms with Crippen molar-refractivity contribution in [3.05, 3.63) is 47.4 Å². The van der Waals surface area contributed by atoms with E-state index < -0.39 is 0 Å². The van der Waals surface area contributed by atoms with Crippen LogP contribution in [0.25, 0.3) is 11.3 Å². The van der Waals surface area contributed by atoms with Crippen LogP contribution in [0, 0.1) is 6.92 Å². The van der Waals surface area contributed by atoms with E-state index >= 15 is 0 Å². The molecule has 5 rings (SSSR count). The second-order valence-corrected chi connectivity index (χ2v) is 8.77. The zero-order chi connectivity index (χ0) is 22.9. The molecule has 33 heavy (non-hydrogen) atoms. The molecule has 1 amide bonds. The Balaban J connectivity index is 1.29. The molecule has 0 unspecified atom stereocenters. The molecule has 0 aliphatic carbocycles. The summed E-state index contributed by atoms with van der Waals surface area (Å²) in [7, 11) is 2.15. The Labute approximate surface area is 193 Å². The van der Waals surface area contributed by atoms with E-state index in [1.165, 1.54) is 5.69 Å². The van der Waals surface area contributed by atoms with Crippen molar-refractivity contribution in [2.75, 3.05) is 44.7 Å². The lowest BCUT2D eigenvalue weighted by atomic mass is 9.99. The number of fused-ring (bicyclic) bond motifs is 1. The fourth-order valence-electron chi connectivity index (χ4n) is 4.60.